The number of amides is 1. The number of fused-ring (bicyclic) bond motifs is 3. The summed E-state index contributed by atoms with van der Waals surface area (Å²) in [6, 6.07) is 15.1. The van der Waals surface area contributed by atoms with Gasteiger partial charge in [-0.15, -0.1) is 0 Å². The third-order valence-electron chi connectivity index (χ3n) is 5.92. The summed E-state index contributed by atoms with van der Waals surface area (Å²) < 4.78 is 4.01. The second kappa shape index (κ2) is 11.0. The fourth-order valence-corrected chi connectivity index (χ4v) is 5.92. The maximum atomic E-state index is 12.0. The monoisotopic (exact) mass is 939 g/mol. The zero-order valence-electron chi connectivity index (χ0n) is 17.7. The number of allylic oxidation sites excluding steroid dienone is 1. The van der Waals surface area contributed by atoms with Gasteiger partial charge >= 0.3 is 204 Å². The molecule has 0 radical (unpaired) electrons. The zero-order valence-corrected chi connectivity index (χ0v) is 26.5. The van der Waals surface area contributed by atoms with Gasteiger partial charge in [-0.25, -0.2) is 0 Å². The van der Waals surface area contributed by atoms with E-state index in [0.717, 1.165) is 60.3 Å². The van der Waals surface area contributed by atoms with E-state index in [0.29, 0.717) is 3.90 Å². The van der Waals surface area contributed by atoms with Crippen LogP contribution in [-0.2, 0) is 64.6 Å². The number of para-hydroxylation sites is 1. The predicted octanol–water partition coefficient (Wildman–Crippen LogP) is 2.61. The van der Waals surface area contributed by atoms with E-state index in [1.807, 2.05) is 0 Å². The molecule has 8 heteroatoms. The number of nitrogens with two attached hydrogens (primary N) is 1. The van der Waals surface area contributed by atoms with Crippen LogP contribution >= 0.6 is 0 Å². The molecule has 1 amide bonds. The largest absolute Gasteiger partial charge is 0 e. The van der Waals surface area contributed by atoms with E-state index in [-0.39, 0.29) is 39.1 Å². The standard InChI is InChI=1S/C24H25N3O2.3W/c1-16-5-4-8-22-24(16)20-6-2-3-7-21(20)27(22)14-13-18(15-23(25)29)26-17-9-11-19(28)12-10-17;;;/h2-8,13,17,19,26,28H,9-12H2,1H3,(H2,25,29);;;/b18-13+;;;. The fourth-order valence-electron chi connectivity index (χ4n) is 4.37. The zero-order chi connectivity index (χ0) is 22.1. The summed E-state index contributed by atoms with van der Waals surface area (Å²) in [6.45, 7) is 2.15. The molecule has 32 heavy (non-hydrogen) atoms. The van der Waals surface area contributed by atoms with Gasteiger partial charge in [0.2, 0.25) is 0 Å². The summed E-state index contributed by atoms with van der Waals surface area (Å²) >= 11 is 2.36. The minimum atomic E-state index is -0.384. The van der Waals surface area contributed by atoms with Crippen LogP contribution in [-0.4, -0.2) is 35.6 Å². The molecular formula is C24H25N3O2W3. The third kappa shape index (κ3) is 5.23. The van der Waals surface area contributed by atoms with Gasteiger partial charge in [-0.2, -0.15) is 0 Å². The van der Waals surface area contributed by atoms with Gasteiger partial charge in [-0.05, 0) is 0 Å². The molecule has 0 bridgehead atoms. The normalized spacial score (nSPS) is 18.9. The molecule has 166 valence electrons. The Balaban J connectivity index is 0.00000289. The minimum absolute atomic E-state index is 0. The maximum absolute atomic E-state index is 12.0. The Morgan fingerprint density at radius 1 is 1.09 bits per heavy atom. The van der Waals surface area contributed by atoms with Crippen molar-refractivity contribution in [1.82, 2.24) is 9.88 Å². The Kier molecular flexibility index (Phi) is 8.78. The number of hydrogen-bond acceptors (Lipinski definition) is 3. The molecule has 1 aliphatic rings. The van der Waals surface area contributed by atoms with Crippen molar-refractivity contribution >= 4 is 35.6 Å². The number of rotatable bonds is 6. The van der Waals surface area contributed by atoms with Crippen molar-refractivity contribution in [2.75, 3.05) is 0 Å². The number of aryl methyl sites for hydroxylation is 1. The van der Waals surface area contributed by atoms with Crippen LogP contribution in [0, 0.1) is 6.92 Å². The average molecular weight is 939 g/mol. The van der Waals surface area contributed by atoms with Gasteiger partial charge in [0.25, 0.3) is 0 Å². The topological polar surface area (TPSA) is 80.3 Å². The molecule has 1 fully saturated rings. The molecule has 0 saturated heterocycles. The minimum Gasteiger partial charge on any atom is 0 e. The molecule has 1 saturated carbocycles. The van der Waals surface area contributed by atoms with Crippen molar-refractivity contribution in [2.45, 2.75) is 44.8 Å². The predicted molar refractivity (Wildman–Crippen MR) is 118 cm³/mol. The SMILES string of the molecule is Cc1cccc2c1c1ccccc1n2[C](=[W])/C=C(/NC1CCC(O)CC1)[C](=[W])C(N)=O.[W]. The second-order valence-electron chi connectivity index (χ2n) is 8.06. The summed E-state index contributed by atoms with van der Waals surface area (Å²) in [5.74, 6) is -0.384. The molecule has 4 N–H and O–H groups in total. The van der Waals surface area contributed by atoms with Crippen LogP contribution in [0.2, 0.25) is 0 Å². The summed E-state index contributed by atoms with van der Waals surface area (Å²) in [6.07, 6.45) is 5.22. The van der Waals surface area contributed by atoms with E-state index in [2.05, 4.69) is 65.3 Å². The first-order valence-corrected chi connectivity index (χ1v) is 13.3. The Bertz CT molecular complexity index is 1220. The molecule has 5 nitrogen and oxygen atoms in total. The van der Waals surface area contributed by atoms with Gasteiger partial charge in [0.05, 0.1) is 0 Å². The number of nitrogens with zero attached hydrogens (tertiary/aromatic N) is 1. The van der Waals surface area contributed by atoms with Crippen LogP contribution in [0.25, 0.3) is 21.8 Å². The number of aromatic nitrogens is 1. The summed E-state index contributed by atoms with van der Waals surface area (Å²) in [5.41, 5.74) is 10.1. The number of carbonyl (C=O) groups is 1. The van der Waals surface area contributed by atoms with Crippen molar-refractivity contribution in [3.05, 3.63) is 59.8 Å². The summed E-state index contributed by atoms with van der Waals surface area (Å²) in [4.78, 5) is 12.0. The van der Waals surface area contributed by atoms with Crippen molar-refractivity contribution in [3.63, 3.8) is 0 Å². The first-order valence-electron chi connectivity index (χ1n) is 10.4. The first kappa shape index (κ1) is 25.6. The number of nitrogens with one attached hydrogen (secondary N) is 1. The third-order valence-corrected chi connectivity index (χ3v) is 8.51. The number of primary amides is 1. The molecule has 2 aromatic carbocycles. The molecule has 0 spiro atoms. The van der Waals surface area contributed by atoms with Crippen LogP contribution in [0.4, 0.5) is 0 Å². The fraction of sp³-hybridized carbons (Fsp3) is 0.292. The van der Waals surface area contributed by atoms with Crippen molar-refractivity contribution in [3.8, 4) is 0 Å². The van der Waals surface area contributed by atoms with Crippen LogP contribution < -0.4 is 11.1 Å². The Morgan fingerprint density at radius 3 is 2.44 bits per heavy atom. The van der Waals surface area contributed by atoms with E-state index in [1.54, 1.807) is 0 Å². The Hall–Kier alpha value is -0.985. The second-order valence-corrected chi connectivity index (χ2v) is 11.0. The number of hydrogen-bond donors (Lipinski definition) is 3. The van der Waals surface area contributed by atoms with Gasteiger partial charge in [-0.1, -0.05) is 0 Å². The smallest absolute Gasteiger partial charge is 0 e. The van der Waals surface area contributed by atoms with E-state index < -0.39 is 0 Å². The van der Waals surface area contributed by atoms with Crippen LogP contribution in [0.3, 0.4) is 0 Å². The van der Waals surface area contributed by atoms with E-state index >= 15 is 0 Å². The molecule has 1 aliphatic carbocycles. The van der Waals surface area contributed by atoms with Gasteiger partial charge in [-0.3, -0.25) is 0 Å². The van der Waals surface area contributed by atoms with Crippen molar-refractivity contribution < 1.29 is 69.7 Å². The van der Waals surface area contributed by atoms with Crippen LogP contribution in [0.5, 0.6) is 0 Å². The van der Waals surface area contributed by atoms with E-state index in [4.69, 9.17) is 5.73 Å². The van der Waals surface area contributed by atoms with E-state index in [1.165, 1.54) is 41.2 Å². The van der Waals surface area contributed by atoms with Gasteiger partial charge in [0, 0.05) is 21.1 Å². The number of benzene rings is 2. The van der Waals surface area contributed by atoms with Gasteiger partial charge < -0.3 is 0 Å². The number of aliphatic hydroxyl groups excluding tert-OH is 1. The summed E-state index contributed by atoms with van der Waals surface area (Å²) in [7, 11) is 0. The number of aliphatic hydroxyl groups is 1. The Morgan fingerprint density at radius 2 is 1.75 bits per heavy atom. The first-order chi connectivity index (χ1) is 14.9. The summed E-state index contributed by atoms with van der Waals surface area (Å²) in [5, 5.41) is 15.9. The number of carbonyl (C=O) groups excluding carboxylic acids is 1. The van der Waals surface area contributed by atoms with E-state index in [9.17, 15) is 9.90 Å². The molecule has 0 unspecified atom stereocenters. The van der Waals surface area contributed by atoms with Crippen molar-refractivity contribution in [2.24, 2.45) is 5.73 Å². The molecule has 3 aromatic rings. The molecule has 4 rings (SSSR count). The molecular weight excluding hydrogens is 914 g/mol. The molecule has 1 aromatic heterocycles. The van der Waals surface area contributed by atoms with Crippen molar-refractivity contribution in [1.29, 1.82) is 0 Å². The molecule has 1 heterocycles. The Labute approximate surface area is 223 Å². The quantitative estimate of drug-likeness (QED) is 0.356. The van der Waals surface area contributed by atoms with Crippen LogP contribution in [0.15, 0.2) is 54.2 Å². The maximum Gasteiger partial charge on any atom is 0 e. The average Bonchev–Trinajstić information content (AvgIpc) is 3.09. The molecule has 0 aliphatic heterocycles. The van der Waals surface area contributed by atoms with Gasteiger partial charge in [0.15, 0.2) is 0 Å². The van der Waals surface area contributed by atoms with Gasteiger partial charge in [0.1, 0.15) is 0 Å². The van der Waals surface area contributed by atoms with Crippen LogP contribution in [0.1, 0.15) is 31.2 Å². The molecule has 0 atom stereocenters.